The molecule has 90 valence electrons. The highest BCUT2D eigenvalue weighted by Crippen LogP contribution is 2.33. The van der Waals surface area contributed by atoms with E-state index in [0.717, 1.165) is 5.92 Å². The normalized spacial score (nSPS) is 25.3. The minimum Gasteiger partial charge on any atom is -0.359 e. The zero-order chi connectivity index (χ0) is 11.8. The lowest BCUT2D eigenvalue weighted by atomic mass is 9.82. The maximum Gasteiger partial charge on any atom is 0.0456 e. The fourth-order valence-corrected chi connectivity index (χ4v) is 3.00. The molecule has 1 aliphatic carbocycles. The van der Waals surface area contributed by atoms with Gasteiger partial charge in [0.1, 0.15) is 0 Å². The van der Waals surface area contributed by atoms with Crippen LogP contribution in [0.1, 0.15) is 42.9 Å². The lowest BCUT2D eigenvalue weighted by molar-refractivity contribution is 0.396. The van der Waals surface area contributed by atoms with Crippen molar-refractivity contribution in [2.75, 3.05) is 0 Å². The number of rotatable bonds is 1. The van der Waals surface area contributed by atoms with Crippen LogP contribution in [-0.4, -0.2) is 11.0 Å². The Bertz CT molecular complexity index is 519. The third-order valence-corrected chi connectivity index (χ3v) is 4.02. The van der Waals surface area contributed by atoms with Crippen molar-refractivity contribution in [2.24, 2.45) is 5.73 Å². The Hall–Kier alpha value is -1.28. The number of aryl methyl sites for hydroxylation is 1. The second-order valence-corrected chi connectivity index (χ2v) is 5.41. The summed E-state index contributed by atoms with van der Waals surface area (Å²) < 4.78 is 0. The van der Waals surface area contributed by atoms with Gasteiger partial charge in [0, 0.05) is 17.3 Å². The zero-order valence-corrected chi connectivity index (χ0v) is 10.4. The standard InChI is InChI=1S/C15H20N2/c1-10-8-13-9-12(4-7-15(13)17-10)11-2-5-14(16)6-3-11/h4,7-9,11,14,17H,2-3,5-6,16H2,1H3. The molecule has 2 nitrogen and oxygen atoms in total. The third kappa shape index (κ3) is 2.09. The molecule has 1 aromatic carbocycles. The minimum atomic E-state index is 0.435. The van der Waals surface area contributed by atoms with Gasteiger partial charge >= 0.3 is 0 Å². The Balaban J connectivity index is 1.89. The number of H-pyrrole nitrogens is 1. The molecule has 1 saturated carbocycles. The Morgan fingerprint density at radius 2 is 1.88 bits per heavy atom. The van der Waals surface area contributed by atoms with E-state index in [0.29, 0.717) is 6.04 Å². The van der Waals surface area contributed by atoms with Gasteiger partial charge in [-0.2, -0.15) is 0 Å². The number of hydrogen-bond donors (Lipinski definition) is 2. The summed E-state index contributed by atoms with van der Waals surface area (Å²) in [6, 6.07) is 9.50. The summed E-state index contributed by atoms with van der Waals surface area (Å²) in [4.78, 5) is 3.38. The summed E-state index contributed by atoms with van der Waals surface area (Å²) in [5.74, 6) is 0.717. The Kier molecular flexibility index (Phi) is 2.67. The molecule has 3 N–H and O–H groups in total. The predicted octanol–water partition coefficient (Wildman–Crippen LogP) is 3.46. The molecule has 0 atom stereocenters. The molecule has 2 aromatic rings. The summed E-state index contributed by atoms with van der Waals surface area (Å²) in [6.45, 7) is 2.11. The second kappa shape index (κ2) is 4.19. The zero-order valence-electron chi connectivity index (χ0n) is 10.4. The molecule has 3 rings (SSSR count). The van der Waals surface area contributed by atoms with Crippen LogP contribution in [0.5, 0.6) is 0 Å². The Morgan fingerprint density at radius 1 is 1.12 bits per heavy atom. The molecular formula is C15H20N2. The van der Waals surface area contributed by atoms with Gasteiger partial charge in [-0.1, -0.05) is 6.07 Å². The summed E-state index contributed by atoms with van der Waals surface area (Å²) in [5, 5.41) is 1.34. The van der Waals surface area contributed by atoms with Gasteiger partial charge < -0.3 is 10.7 Å². The first-order chi connectivity index (χ1) is 8.22. The van der Waals surface area contributed by atoms with Crippen molar-refractivity contribution in [3.8, 4) is 0 Å². The van der Waals surface area contributed by atoms with Gasteiger partial charge in [0.05, 0.1) is 0 Å². The summed E-state index contributed by atoms with van der Waals surface area (Å²) in [7, 11) is 0. The molecule has 17 heavy (non-hydrogen) atoms. The van der Waals surface area contributed by atoms with E-state index in [-0.39, 0.29) is 0 Å². The van der Waals surface area contributed by atoms with Crippen molar-refractivity contribution in [3.05, 3.63) is 35.5 Å². The maximum atomic E-state index is 5.96. The van der Waals surface area contributed by atoms with Gasteiger partial charge in [0.15, 0.2) is 0 Å². The van der Waals surface area contributed by atoms with Gasteiger partial charge in [-0.05, 0) is 67.7 Å². The number of fused-ring (bicyclic) bond motifs is 1. The van der Waals surface area contributed by atoms with E-state index in [1.54, 1.807) is 0 Å². The van der Waals surface area contributed by atoms with Crippen LogP contribution < -0.4 is 5.73 Å². The average molecular weight is 228 g/mol. The lowest BCUT2D eigenvalue weighted by Crippen LogP contribution is -2.25. The molecule has 1 fully saturated rings. The van der Waals surface area contributed by atoms with E-state index in [1.807, 2.05) is 0 Å². The molecule has 0 amide bonds. The van der Waals surface area contributed by atoms with Crippen molar-refractivity contribution in [1.82, 2.24) is 4.98 Å². The van der Waals surface area contributed by atoms with E-state index in [4.69, 9.17) is 5.73 Å². The van der Waals surface area contributed by atoms with Gasteiger partial charge in [-0.25, -0.2) is 0 Å². The monoisotopic (exact) mass is 228 g/mol. The molecule has 0 aliphatic heterocycles. The maximum absolute atomic E-state index is 5.96. The molecule has 1 aliphatic rings. The van der Waals surface area contributed by atoms with Gasteiger partial charge in [-0.3, -0.25) is 0 Å². The van der Waals surface area contributed by atoms with Crippen molar-refractivity contribution in [1.29, 1.82) is 0 Å². The van der Waals surface area contributed by atoms with Crippen molar-refractivity contribution in [3.63, 3.8) is 0 Å². The van der Waals surface area contributed by atoms with Crippen LogP contribution in [0.2, 0.25) is 0 Å². The summed E-state index contributed by atoms with van der Waals surface area (Å²) >= 11 is 0. The van der Waals surface area contributed by atoms with Crippen LogP contribution in [0.3, 0.4) is 0 Å². The summed E-state index contributed by atoms with van der Waals surface area (Å²) in [5.41, 5.74) is 9.94. The molecule has 1 heterocycles. The number of aromatic nitrogens is 1. The highest BCUT2D eigenvalue weighted by molar-refractivity contribution is 5.81. The molecule has 0 unspecified atom stereocenters. The van der Waals surface area contributed by atoms with Crippen LogP contribution >= 0.6 is 0 Å². The van der Waals surface area contributed by atoms with E-state index < -0.39 is 0 Å². The number of hydrogen-bond acceptors (Lipinski definition) is 1. The molecule has 0 bridgehead atoms. The molecule has 0 saturated heterocycles. The summed E-state index contributed by atoms with van der Waals surface area (Å²) in [6.07, 6.45) is 4.84. The van der Waals surface area contributed by atoms with Crippen molar-refractivity contribution >= 4 is 10.9 Å². The topological polar surface area (TPSA) is 41.8 Å². The number of aromatic amines is 1. The molecule has 1 aromatic heterocycles. The van der Waals surface area contributed by atoms with E-state index in [1.165, 1.54) is 47.8 Å². The lowest BCUT2D eigenvalue weighted by Gasteiger charge is -2.26. The van der Waals surface area contributed by atoms with E-state index in [2.05, 4.69) is 36.2 Å². The minimum absolute atomic E-state index is 0.435. The number of benzene rings is 1. The first kappa shape index (κ1) is 10.8. The largest absolute Gasteiger partial charge is 0.359 e. The second-order valence-electron chi connectivity index (χ2n) is 5.41. The van der Waals surface area contributed by atoms with E-state index in [9.17, 15) is 0 Å². The Labute approximate surface area is 102 Å². The van der Waals surface area contributed by atoms with Crippen molar-refractivity contribution < 1.29 is 0 Å². The fourth-order valence-electron chi connectivity index (χ4n) is 3.00. The first-order valence-electron chi connectivity index (χ1n) is 6.57. The number of nitrogens with one attached hydrogen (secondary N) is 1. The van der Waals surface area contributed by atoms with Crippen molar-refractivity contribution in [2.45, 2.75) is 44.6 Å². The van der Waals surface area contributed by atoms with Gasteiger partial charge in [0.25, 0.3) is 0 Å². The molecule has 2 heteroatoms. The van der Waals surface area contributed by atoms with Gasteiger partial charge in [0.2, 0.25) is 0 Å². The smallest absolute Gasteiger partial charge is 0.0456 e. The highest BCUT2D eigenvalue weighted by atomic mass is 14.7. The van der Waals surface area contributed by atoms with Crippen LogP contribution in [0, 0.1) is 6.92 Å². The average Bonchev–Trinajstić information content (AvgIpc) is 2.69. The fraction of sp³-hybridized carbons (Fsp3) is 0.467. The van der Waals surface area contributed by atoms with Gasteiger partial charge in [-0.15, -0.1) is 0 Å². The molecule has 0 spiro atoms. The van der Waals surface area contributed by atoms with E-state index >= 15 is 0 Å². The Morgan fingerprint density at radius 3 is 2.65 bits per heavy atom. The van der Waals surface area contributed by atoms with Crippen LogP contribution in [0.4, 0.5) is 0 Å². The number of nitrogens with two attached hydrogens (primary N) is 1. The van der Waals surface area contributed by atoms with Crippen LogP contribution in [0.15, 0.2) is 24.3 Å². The first-order valence-corrected chi connectivity index (χ1v) is 6.57. The molecular weight excluding hydrogens is 208 g/mol. The third-order valence-electron chi connectivity index (χ3n) is 4.02. The van der Waals surface area contributed by atoms with Crippen LogP contribution in [-0.2, 0) is 0 Å². The molecule has 0 radical (unpaired) electrons. The SMILES string of the molecule is Cc1cc2cc(C3CCC(N)CC3)ccc2[nH]1. The predicted molar refractivity (Wildman–Crippen MR) is 72.2 cm³/mol. The van der Waals surface area contributed by atoms with Crippen LogP contribution in [0.25, 0.3) is 10.9 Å². The quantitative estimate of drug-likeness (QED) is 0.771. The highest BCUT2D eigenvalue weighted by Gasteiger charge is 2.20.